The Labute approximate surface area is 105 Å². The van der Waals surface area contributed by atoms with Gasteiger partial charge >= 0.3 is 5.97 Å². The molecule has 0 aromatic carbocycles. The number of aliphatic carboxylic acids is 1. The quantitative estimate of drug-likeness (QED) is 0.835. The second kappa shape index (κ2) is 5.66. The number of nitrogens with one attached hydrogen (secondary N) is 1. The number of carbonyl (C=O) groups is 2. The van der Waals surface area contributed by atoms with E-state index in [2.05, 4.69) is 9.97 Å². The van der Waals surface area contributed by atoms with Gasteiger partial charge in [0, 0.05) is 37.8 Å². The molecule has 0 radical (unpaired) electrons. The van der Waals surface area contributed by atoms with Crippen LogP contribution in [0.1, 0.15) is 37.4 Å². The van der Waals surface area contributed by atoms with Crippen LogP contribution in [0.5, 0.6) is 0 Å². The summed E-state index contributed by atoms with van der Waals surface area (Å²) >= 11 is 0. The van der Waals surface area contributed by atoms with E-state index in [1.807, 2.05) is 0 Å². The minimum Gasteiger partial charge on any atom is -0.481 e. The molecule has 1 aliphatic rings. The van der Waals surface area contributed by atoms with E-state index in [0.717, 1.165) is 18.7 Å². The number of imidazole rings is 1. The third-order valence-corrected chi connectivity index (χ3v) is 3.31. The van der Waals surface area contributed by atoms with Gasteiger partial charge in [0.05, 0.1) is 6.42 Å². The Hall–Kier alpha value is -1.85. The summed E-state index contributed by atoms with van der Waals surface area (Å²) in [7, 11) is 0. The van der Waals surface area contributed by atoms with E-state index in [9.17, 15) is 9.59 Å². The zero-order valence-corrected chi connectivity index (χ0v) is 10.1. The molecule has 0 aliphatic carbocycles. The lowest BCUT2D eigenvalue weighted by Crippen LogP contribution is -2.38. The number of nitrogens with zero attached hydrogens (tertiary/aromatic N) is 2. The number of H-pyrrole nitrogens is 1. The van der Waals surface area contributed by atoms with Crippen molar-refractivity contribution in [2.75, 3.05) is 13.1 Å². The summed E-state index contributed by atoms with van der Waals surface area (Å²) in [5.41, 5.74) is 0. The summed E-state index contributed by atoms with van der Waals surface area (Å²) in [4.78, 5) is 31.2. The Morgan fingerprint density at radius 2 is 2.11 bits per heavy atom. The maximum atomic E-state index is 11.7. The normalized spacial score (nSPS) is 16.8. The van der Waals surface area contributed by atoms with Crippen LogP contribution in [0.25, 0.3) is 0 Å². The molecule has 0 bridgehead atoms. The molecule has 1 aliphatic heterocycles. The number of aromatic amines is 1. The second-order valence-corrected chi connectivity index (χ2v) is 4.52. The highest BCUT2D eigenvalue weighted by atomic mass is 16.4. The third-order valence-electron chi connectivity index (χ3n) is 3.31. The van der Waals surface area contributed by atoms with Gasteiger partial charge in [0.25, 0.3) is 0 Å². The van der Waals surface area contributed by atoms with Gasteiger partial charge in [0.1, 0.15) is 5.82 Å². The zero-order chi connectivity index (χ0) is 13.0. The number of piperidine rings is 1. The summed E-state index contributed by atoms with van der Waals surface area (Å²) in [5, 5.41) is 8.54. The Balaban J connectivity index is 1.79. The standard InChI is InChI=1S/C12H17N3O3/c16-10(1-2-11(17)18)15-7-3-9(4-8-15)12-13-5-6-14-12/h5-6,9H,1-4,7-8H2,(H,13,14)(H,17,18). The van der Waals surface area contributed by atoms with Crippen molar-refractivity contribution in [3.8, 4) is 0 Å². The number of carboxylic acid groups (broad SMARTS) is 1. The first kappa shape index (κ1) is 12.6. The summed E-state index contributed by atoms with van der Waals surface area (Å²) in [6, 6.07) is 0. The predicted molar refractivity (Wildman–Crippen MR) is 64.0 cm³/mol. The molecule has 0 unspecified atom stereocenters. The van der Waals surface area contributed by atoms with E-state index in [1.165, 1.54) is 0 Å². The zero-order valence-electron chi connectivity index (χ0n) is 10.1. The number of hydrogen-bond acceptors (Lipinski definition) is 3. The van der Waals surface area contributed by atoms with Crippen molar-refractivity contribution in [1.29, 1.82) is 0 Å². The molecule has 1 aromatic rings. The molecule has 2 heterocycles. The largest absolute Gasteiger partial charge is 0.481 e. The molecule has 2 rings (SSSR count). The second-order valence-electron chi connectivity index (χ2n) is 4.52. The van der Waals surface area contributed by atoms with Gasteiger partial charge in [-0.25, -0.2) is 4.98 Å². The molecular formula is C12H17N3O3. The predicted octanol–water partition coefficient (Wildman–Crippen LogP) is 0.980. The summed E-state index contributed by atoms with van der Waals surface area (Å²) < 4.78 is 0. The first-order chi connectivity index (χ1) is 8.66. The van der Waals surface area contributed by atoms with Crippen molar-refractivity contribution in [1.82, 2.24) is 14.9 Å². The fraction of sp³-hybridized carbons (Fsp3) is 0.583. The molecule has 1 amide bonds. The van der Waals surface area contributed by atoms with Gasteiger partial charge in [0.2, 0.25) is 5.91 Å². The maximum absolute atomic E-state index is 11.7. The van der Waals surface area contributed by atoms with Crippen molar-refractivity contribution in [3.63, 3.8) is 0 Å². The van der Waals surface area contributed by atoms with Crippen LogP contribution in [0.3, 0.4) is 0 Å². The molecule has 1 saturated heterocycles. The molecule has 18 heavy (non-hydrogen) atoms. The van der Waals surface area contributed by atoms with Crippen LogP contribution in [0.2, 0.25) is 0 Å². The summed E-state index contributed by atoms with van der Waals surface area (Å²) in [6.45, 7) is 1.37. The molecule has 1 aromatic heterocycles. The molecular weight excluding hydrogens is 234 g/mol. The van der Waals surface area contributed by atoms with Crippen molar-refractivity contribution >= 4 is 11.9 Å². The summed E-state index contributed by atoms with van der Waals surface area (Å²) in [6.07, 6.45) is 5.32. The average Bonchev–Trinajstić information content (AvgIpc) is 2.90. The van der Waals surface area contributed by atoms with E-state index in [0.29, 0.717) is 19.0 Å². The van der Waals surface area contributed by atoms with Crippen LogP contribution in [0.4, 0.5) is 0 Å². The van der Waals surface area contributed by atoms with Gasteiger partial charge in [-0.05, 0) is 12.8 Å². The Morgan fingerprint density at radius 3 is 2.67 bits per heavy atom. The Kier molecular flexibility index (Phi) is 3.96. The highest BCUT2D eigenvalue weighted by Gasteiger charge is 2.24. The SMILES string of the molecule is O=C(O)CCC(=O)N1CCC(c2ncc[nH]2)CC1. The molecule has 1 fully saturated rings. The van der Waals surface area contributed by atoms with E-state index in [4.69, 9.17) is 5.11 Å². The number of rotatable bonds is 4. The number of hydrogen-bond donors (Lipinski definition) is 2. The lowest BCUT2D eigenvalue weighted by molar-refractivity contribution is -0.141. The van der Waals surface area contributed by atoms with Crippen LogP contribution in [-0.4, -0.2) is 44.9 Å². The van der Waals surface area contributed by atoms with Crippen molar-refractivity contribution < 1.29 is 14.7 Å². The molecule has 0 spiro atoms. The fourth-order valence-electron chi connectivity index (χ4n) is 2.28. The minimum absolute atomic E-state index is 0.0599. The van der Waals surface area contributed by atoms with Gasteiger partial charge in [-0.15, -0.1) is 0 Å². The van der Waals surface area contributed by atoms with Gasteiger partial charge < -0.3 is 15.0 Å². The van der Waals surface area contributed by atoms with E-state index in [-0.39, 0.29) is 18.7 Å². The number of carbonyl (C=O) groups excluding carboxylic acids is 1. The monoisotopic (exact) mass is 251 g/mol. The first-order valence-corrected chi connectivity index (χ1v) is 6.15. The summed E-state index contributed by atoms with van der Waals surface area (Å²) in [5.74, 6) is 0.375. The number of aromatic nitrogens is 2. The molecule has 2 N–H and O–H groups in total. The van der Waals surface area contributed by atoms with Crippen molar-refractivity contribution in [3.05, 3.63) is 18.2 Å². The highest BCUT2D eigenvalue weighted by Crippen LogP contribution is 2.25. The smallest absolute Gasteiger partial charge is 0.303 e. The lowest BCUT2D eigenvalue weighted by Gasteiger charge is -2.31. The number of carboxylic acids is 1. The fourth-order valence-corrected chi connectivity index (χ4v) is 2.28. The molecule has 0 saturated carbocycles. The number of amides is 1. The Bertz CT molecular complexity index is 408. The van der Waals surface area contributed by atoms with E-state index < -0.39 is 5.97 Å². The minimum atomic E-state index is -0.922. The van der Waals surface area contributed by atoms with Crippen LogP contribution in [-0.2, 0) is 9.59 Å². The van der Waals surface area contributed by atoms with E-state index in [1.54, 1.807) is 17.3 Å². The van der Waals surface area contributed by atoms with Crippen LogP contribution < -0.4 is 0 Å². The molecule has 0 atom stereocenters. The van der Waals surface area contributed by atoms with Crippen LogP contribution in [0, 0.1) is 0 Å². The average molecular weight is 251 g/mol. The van der Waals surface area contributed by atoms with Gasteiger partial charge in [-0.3, -0.25) is 9.59 Å². The van der Waals surface area contributed by atoms with Crippen molar-refractivity contribution in [2.45, 2.75) is 31.6 Å². The van der Waals surface area contributed by atoms with Crippen molar-refractivity contribution in [2.24, 2.45) is 0 Å². The van der Waals surface area contributed by atoms with Gasteiger partial charge in [-0.1, -0.05) is 0 Å². The lowest BCUT2D eigenvalue weighted by atomic mass is 9.96. The molecule has 6 heteroatoms. The molecule has 98 valence electrons. The molecule has 6 nitrogen and oxygen atoms in total. The Morgan fingerprint density at radius 1 is 1.39 bits per heavy atom. The highest BCUT2D eigenvalue weighted by molar-refractivity contribution is 5.80. The maximum Gasteiger partial charge on any atom is 0.303 e. The van der Waals surface area contributed by atoms with Crippen LogP contribution >= 0.6 is 0 Å². The van der Waals surface area contributed by atoms with E-state index >= 15 is 0 Å². The van der Waals surface area contributed by atoms with Gasteiger partial charge in [0.15, 0.2) is 0 Å². The van der Waals surface area contributed by atoms with Crippen LogP contribution in [0.15, 0.2) is 12.4 Å². The van der Waals surface area contributed by atoms with Gasteiger partial charge in [-0.2, -0.15) is 0 Å². The third kappa shape index (κ3) is 3.09. The number of likely N-dealkylation sites (tertiary alicyclic amines) is 1. The first-order valence-electron chi connectivity index (χ1n) is 6.15. The topological polar surface area (TPSA) is 86.3 Å².